The van der Waals surface area contributed by atoms with E-state index in [0.717, 1.165) is 16.3 Å². The van der Waals surface area contributed by atoms with Crippen LogP contribution in [0.1, 0.15) is 0 Å². The lowest BCUT2D eigenvalue weighted by molar-refractivity contribution is 1.20. The van der Waals surface area contributed by atoms with Crippen molar-refractivity contribution in [3.05, 3.63) is 60.0 Å². The Morgan fingerprint density at radius 3 is 2.76 bits per heavy atom. The predicted octanol–water partition coefficient (Wildman–Crippen LogP) is 3.79. The summed E-state index contributed by atoms with van der Waals surface area (Å²) in [5.41, 5.74) is 8.51. The van der Waals surface area contributed by atoms with E-state index in [-0.39, 0.29) is 0 Å². The van der Waals surface area contributed by atoms with E-state index in [0.29, 0.717) is 22.2 Å². The molecule has 0 aliphatic rings. The van der Waals surface area contributed by atoms with Gasteiger partial charge in [-0.05, 0) is 17.5 Å². The van der Waals surface area contributed by atoms with Gasteiger partial charge in [-0.2, -0.15) is 0 Å². The molecule has 0 fully saturated rings. The van der Waals surface area contributed by atoms with Gasteiger partial charge in [0, 0.05) is 29.5 Å². The Bertz CT molecular complexity index is 969. The number of nitrogens with zero attached hydrogens (tertiary/aromatic N) is 3. The molecule has 0 bridgehead atoms. The van der Waals surface area contributed by atoms with Crippen molar-refractivity contribution >= 4 is 33.8 Å². The van der Waals surface area contributed by atoms with Gasteiger partial charge < -0.3 is 5.73 Å². The maximum Gasteiger partial charge on any atom is 0.157 e. The molecular weight excluding hydrogens is 284 g/mol. The molecule has 21 heavy (non-hydrogen) atoms. The van der Waals surface area contributed by atoms with Gasteiger partial charge in [0.05, 0.1) is 5.02 Å². The maximum atomic E-state index is 6.24. The average Bonchev–Trinajstić information content (AvgIpc) is 2.85. The second-order valence-corrected chi connectivity index (χ2v) is 5.21. The molecule has 3 heterocycles. The molecular formula is C16H11ClN4. The van der Waals surface area contributed by atoms with Crippen LogP contribution in [0.5, 0.6) is 0 Å². The largest absolute Gasteiger partial charge is 0.383 e. The smallest absolute Gasteiger partial charge is 0.157 e. The van der Waals surface area contributed by atoms with Gasteiger partial charge >= 0.3 is 0 Å². The molecule has 4 rings (SSSR count). The van der Waals surface area contributed by atoms with Gasteiger partial charge in [0.15, 0.2) is 5.65 Å². The molecule has 0 amide bonds. The highest BCUT2D eigenvalue weighted by atomic mass is 35.5. The van der Waals surface area contributed by atoms with Gasteiger partial charge in [0.2, 0.25) is 0 Å². The molecule has 0 aliphatic carbocycles. The van der Waals surface area contributed by atoms with Gasteiger partial charge in [0.25, 0.3) is 0 Å². The maximum absolute atomic E-state index is 6.24. The summed E-state index contributed by atoms with van der Waals surface area (Å²) in [5, 5.41) is 2.69. The van der Waals surface area contributed by atoms with E-state index in [1.807, 2.05) is 42.7 Å². The Morgan fingerprint density at radius 1 is 1.05 bits per heavy atom. The topological polar surface area (TPSA) is 56.2 Å². The number of hydrogen-bond acceptors (Lipinski definition) is 3. The quantitative estimate of drug-likeness (QED) is 0.581. The summed E-state index contributed by atoms with van der Waals surface area (Å²) in [4.78, 5) is 8.88. The Kier molecular flexibility index (Phi) is 2.59. The van der Waals surface area contributed by atoms with Crippen molar-refractivity contribution in [2.75, 3.05) is 5.73 Å². The lowest BCUT2D eigenvalue weighted by Gasteiger charge is -2.04. The zero-order valence-electron chi connectivity index (χ0n) is 11.0. The van der Waals surface area contributed by atoms with Crippen molar-refractivity contribution in [3.63, 3.8) is 0 Å². The molecule has 4 aromatic rings. The summed E-state index contributed by atoms with van der Waals surface area (Å²) in [5.74, 6) is 0.561. The van der Waals surface area contributed by atoms with Crippen LogP contribution in [0.2, 0.25) is 5.02 Å². The van der Waals surface area contributed by atoms with E-state index in [4.69, 9.17) is 17.3 Å². The summed E-state index contributed by atoms with van der Waals surface area (Å²) < 4.78 is 1.79. The number of pyridine rings is 2. The van der Waals surface area contributed by atoms with E-state index < -0.39 is 0 Å². The van der Waals surface area contributed by atoms with Crippen LogP contribution in [0.3, 0.4) is 0 Å². The first-order chi connectivity index (χ1) is 10.3. The highest BCUT2D eigenvalue weighted by Gasteiger charge is 2.15. The molecule has 0 saturated heterocycles. The van der Waals surface area contributed by atoms with Crippen LogP contribution < -0.4 is 5.73 Å². The van der Waals surface area contributed by atoms with E-state index in [1.165, 1.54) is 0 Å². The average molecular weight is 295 g/mol. The molecule has 2 N–H and O–H groups in total. The number of halogens is 1. The summed E-state index contributed by atoms with van der Waals surface area (Å²) in [6, 6.07) is 11.7. The molecule has 0 spiro atoms. The SMILES string of the molecule is Nc1c(-c2cncc3ccccc23)nc2c(Cl)cccn12. The van der Waals surface area contributed by atoms with Crippen LogP contribution in [0, 0.1) is 0 Å². The number of imidazole rings is 1. The predicted molar refractivity (Wildman–Crippen MR) is 85.4 cm³/mol. The minimum atomic E-state index is 0.561. The van der Waals surface area contributed by atoms with Crippen molar-refractivity contribution in [3.8, 4) is 11.3 Å². The zero-order chi connectivity index (χ0) is 14.4. The third-order valence-corrected chi connectivity index (χ3v) is 3.86. The van der Waals surface area contributed by atoms with Crippen LogP contribution in [0.15, 0.2) is 55.0 Å². The number of anilines is 1. The first kappa shape index (κ1) is 12.2. The zero-order valence-corrected chi connectivity index (χ0v) is 11.7. The van der Waals surface area contributed by atoms with Crippen LogP contribution >= 0.6 is 11.6 Å². The third-order valence-electron chi connectivity index (χ3n) is 3.56. The number of benzene rings is 1. The minimum Gasteiger partial charge on any atom is -0.383 e. The third kappa shape index (κ3) is 1.76. The van der Waals surface area contributed by atoms with Crippen LogP contribution in [0.4, 0.5) is 5.82 Å². The van der Waals surface area contributed by atoms with E-state index >= 15 is 0 Å². The Balaban J connectivity index is 2.10. The van der Waals surface area contributed by atoms with Gasteiger partial charge in [0.1, 0.15) is 11.5 Å². The van der Waals surface area contributed by atoms with E-state index in [2.05, 4.69) is 9.97 Å². The van der Waals surface area contributed by atoms with Crippen LogP contribution in [-0.2, 0) is 0 Å². The van der Waals surface area contributed by atoms with E-state index in [9.17, 15) is 0 Å². The monoisotopic (exact) mass is 294 g/mol. The molecule has 0 aliphatic heterocycles. The Hall–Kier alpha value is -2.59. The van der Waals surface area contributed by atoms with Crippen LogP contribution in [-0.4, -0.2) is 14.4 Å². The highest BCUT2D eigenvalue weighted by Crippen LogP contribution is 2.33. The highest BCUT2D eigenvalue weighted by molar-refractivity contribution is 6.33. The molecule has 0 radical (unpaired) electrons. The van der Waals surface area contributed by atoms with Gasteiger partial charge in [-0.25, -0.2) is 4.98 Å². The lowest BCUT2D eigenvalue weighted by Crippen LogP contribution is -1.94. The molecule has 4 nitrogen and oxygen atoms in total. The summed E-state index contributed by atoms with van der Waals surface area (Å²) in [6.45, 7) is 0. The molecule has 0 saturated carbocycles. The second-order valence-electron chi connectivity index (χ2n) is 4.80. The van der Waals surface area contributed by atoms with Gasteiger partial charge in [-0.3, -0.25) is 9.38 Å². The van der Waals surface area contributed by atoms with Crippen molar-refractivity contribution < 1.29 is 0 Å². The first-order valence-corrected chi connectivity index (χ1v) is 6.88. The van der Waals surface area contributed by atoms with Crippen molar-refractivity contribution in [2.24, 2.45) is 0 Å². The van der Waals surface area contributed by atoms with E-state index in [1.54, 1.807) is 16.7 Å². The summed E-state index contributed by atoms with van der Waals surface area (Å²) in [7, 11) is 0. The van der Waals surface area contributed by atoms with Gasteiger partial charge in [-0.15, -0.1) is 0 Å². The van der Waals surface area contributed by atoms with Crippen LogP contribution in [0.25, 0.3) is 27.7 Å². The normalized spacial score (nSPS) is 11.3. The number of nitrogen functional groups attached to an aromatic ring is 1. The fraction of sp³-hybridized carbons (Fsp3) is 0. The van der Waals surface area contributed by atoms with Gasteiger partial charge in [-0.1, -0.05) is 35.9 Å². The molecule has 5 heteroatoms. The molecule has 0 unspecified atom stereocenters. The summed E-state index contributed by atoms with van der Waals surface area (Å²) in [6.07, 6.45) is 5.47. The number of fused-ring (bicyclic) bond motifs is 2. The molecule has 0 atom stereocenters. The molecule has 1 aromatic carbocycles. The molecule has 102 valence electrons. The fourth-order valence-corrected chi connectivity index (χ4v) is 2.76. The second kappa shape index (κ2) is 4.46. The fourth-order valence-electron chi connectivity index (χ4n) is 2.56. The number of nitrogens with two attached hydrogens (primary N) is 1. The lowest BCUT2D eigenvalue weighted by atomic mass is 10.1. The first-order valence-electron chi connectivity index (χ1n) is 6.51. The van der Waals surface area contributed by atoms with Crippen molar-refractivity contribution in [1.29, 1.82) is 0 Å². The number of rotatable bonds is 1. The number of hydrogen-bond donors (Lipinski definition) is 1. The standard InChI is InChI=1S/C16H11ClN4/c17-13-6-3-7-21-15(18)14(20-16(13)21)12-9-19-8-10-4-1-2-5-11(10)12/h1-9H,18H2. The Labute approximate surface area is 125 Å². The van der Waals surface area contributed by atoms with Crippen molar-refractivity contribution in [2.45, 2.75) is 0 Å². The van der Waals surface area contributed by atoms with Crippen molar-refractivity contribution in [1.82, 2.24) is 14.4 Å². The summed E-state index contributed by atoms with van der Waals surface area (Å²) >= 11 is 6.19. The molecule has 3 aromatic heterocycles. The Morgan fingerprint density at radius 2 is 1.90 bits per heavy atom. The minimum absolute atomic E-state index is 0.561. The number of aromatic nitrogens is 3.